The lowest BCUT2D eigenvalue weighted by Gasteiger charge is -2.42. The molecule has 2 N–H and O–H groups in total. The zero-order valence-corrected chi connectivity index (χ0v) is 14.3. The average Bonchev–Trinajstić information content (AvgIpc) is 2.51. The van der Waals surface area contributed by atoms with Crippen molar-refractivity contribution in [2.75, 3.05) is 13.1 Å². The smallest absolute Gasteiger partial charge is 0.317 e. The molecule has 0 aliphatic heterocycles. The molecule has 1 aromatic carbocycles. The van der Waals surface area contributed by atoms with Gasteiger partial charge in [-0.05, 0) is 50.1 Å². The number of benzene rings is 1. The van der Waals surface area contributed by atoms with Crippen LogP contribution in [0.25, 0.3) is 10.9 Å². The molecule has 0 saturated heterocycles. The molecule has 1 heterocycles. The molecule has 0 spiro atoms. The maximum atomic E-state index is 10.9. The summed E-state index contributed by atoms with van der Waals surface area (Å²) >= 11 is 0. The molecular formula is C19H25N3O2. The van der Waals surface area contributed by atoms with Crippen molar-refractivity contribution in [1.82, 2.24) is 15.2 Å². The van der Waals surface area contributed by atoms with Gasteiger partial charge >= 0.3 is 5.97 Å². The Morgan fingerprint density at radius 2 is 2.12 bits per heavy atom. The van der Waals surface area contributed by atoms with Crippen molar-refractivity contribution in [3.63, 3.8) is 0 Å². The highest BCUT2D eigenvalue weighted by Gasteiger charge is 2.33. The molecule has 5 heteroatoms. The van der Waals surface area contributed by atoms with E-state index >= 15 is 0 Å². The number of carboxylic acid groups (broad SMARTS) is 1. The van der Waals surface area contributed by atoms with E-state index in [-0.39, 0.29) is 6.54 Å². The molecule has 5 nitrogen and oxygen atoms in total. The van der Waals surface area contributed by atoms with Crippen LogP contribution >= 0.6 is 0 Å². The second-order valence-corrected chi connectivity index (χ2v) is 6.64. The summed E-state index contributed by atoms with van der Waals surface area (Å²) in [6, 6.07) is 11.4. The Bertz CT molecular complexity index is 726. The number of rotatable bonds is 7. The van der Waals surface area contributed by atoms with Gasteiger partial charge in [0, 0.05) is 29.7 Å². The van der Waals surface area contributed by atoms with Crippen molar-refractivity contribution in [3.8, 4) is 0 Å². The number of aryl methyl sites for hydroxylation is 1. The standard InChI is InChI=1S/C19H25N3O2/c1-3-22(12-19(23)24)17-9-16(10-17)20-11-14-5-7-18-15(8-14)6-4-13(2)21-18/h4-8,16-17,20H,3,9-12H2,1-2H3,(H,23,24). The van der Waals surface area contributed by atoms with Gasteiger partial charge in [-0.1, -0.05) is 19.1 Å². The molecule has 1 saturated carbocycles. The molecule has 0 radical (unpaired) electrons. The summed E-state index contributed by atoms with van der Waals surface area (Å²) < 4.78 is 0. The lowest BCUT2D eigenvalue weighted by molar-refractivity contribution is -0.139. The summed E-state index contributed by atoms with van der Waals surface area (Å²) in [6.45, 7) is 5.80. The number of carboxylic acids is 1. The molecule has 0 atom stereocenters. The summed E-state index contributed by atoms with van der Waals surface area (Å²) in [6.07, 6.45) is 2.05. The van der Waals surface area contributed by atoms with Crippen LogP contribution < -0.4 is 5.32 Å². The van der Waals surface area contributed by atoms with E-state index in [1.54, 1.807) is 0 Å². The van der Waals surface area contributed by atoms with Crippen LogP contribution in [0.2, 0.25) is 0 Å². The van der Waals surface area contributed by atoms with Gasteiger partial charge in [0.25, 0.3) is 0 Å². The van der Waals surface area contributed by atoms with Gasteiger partial charge in [-0.3, -0.25) is 14.7 Å². The van der Waals surface area contributed by atoms with Gasteiger partial charge in [0.1, 0.15) is 0 Å². The van der Waals surface area contributed by atoms with Crippen LogP contribution in [0.4, 0.5) is 0 Å². The highest BCUT2D eigenvalue weighted by molar-refractivity contribution is 5.79. The van der Waals surface area contributed by atoms with E-state index in [0.717, 1.165) is 37.1 Å². The predicted octanol–water partition coefficient (Wildman–Crippen LogP) is 2.57. The zero-order chi connectivity index (χ0) is 17.1. The van der Waals surface area contributed by atoms with E-state index in [9.17, 15) is 4.79 Å². The van der Waals surface area contributed by atoms with E-state index in [2.05, 4.69) is 34.6 Å². The second kappa shape index (κ2) is 7.28. The Kier molecular flexibility index (Phi) is 5.11. The Morgan fingerprint density at radius 1 is 1.33 bits per heavy atom. The number of aromatic nitrogens is 1. The number of nitrogens with zero attached hydrogens (tertiary/aromatic N) is 2. The Morgan fingerprint density at radius 3 is 2.83 bits per heavy atom. The van der Waals surface area contributed by atoms with Crippen LogP contribution in [0.5, 0.6) is 0 Å². The van der Waals surface area contributed by atoms with Crippen molar-refractivity contribution in [2.45, 2.75) is 45.3 Å². The van der Waals surface area contributed by atoms with Crippen LogP contribution in [-0.2, 0) is 11.3 Å². The first kappa shape index (κ1) is 16.9. The Labute approximate surface area is 142 Å². The highest BCUT2D eigenvalue weighted by atomic mass is 16.4. The molecule has 1 fully saturated rings. The summed E-state index contributed by atoms with van der Waals surface area (Å²) in [7, 11) is 0. The fraction of sp³-hybridized carbons (Fsp3) is 0.474. The number of nitrogens with one attached hydrogen (secondary N) is 1. The quantitative estimate of drug-likeness (QED) is 0.818. The van der Waals surface area contributed by atoms with E-state index in [1.807, 2.05) is 24.8 Å². The van der Waals surface area contributed by atoms with Gasteiger partial charge in [-0.2, -0.15) is 0 Å². The number of pyridine rings is 1. The van der Waals surface area contributed by atoms with Crippen LogP contribution in [0.3, 0.4) is 0 Å². The molecule has 2 aromatic rings. The molecular weight excluding hydrogens is 302 g/mol. The van der Waals surface area contributed by atoms with Crippen LogP contribution in [0.1, 0.15) is 31.0 Å². The maximum Gasteiger partial charge on any atom is 0.317 e. The number of likely N-dealkylation sites (N-methyl/N-ethyl adjacent to an activating group) is 1. The fourth-order valence-electron chi connectivity index (χ4n) is 3.37. The Hall–Kier alpha value is -1.98. The summed E-state index contributed by atoms with van der Waals surface area (Å²) in [5.74, 6) is -0.742. The normalized spacial score (nSPS) is 20.3. The first-order valence-corrected chi connectivity index (χ1v) is 8.60. The molecule has 128 valence electrons. The van der Waals surface area contributed by atoms with Crippen LogP contribution in [0, 0.1) is 6.92 Å². The summed E-state index contributed by atoms with van der Waals surface area (Å²) in [5, 5.41) is 13.7. The van der Waals surface area contributed by atoms with Gasteiger partial charge < -0.3 is 10.4 Å². The third kappa shape index (κ3) is 3.91. The minimum atomic E-state index is -0.742. The number of aliphatic carboxylic acids is 1. The fourth-order valence-corrected chi connectivity index (χ4v) is 3.37. The van der Waals surface area contributed by atoms with E-state index in [4.69, 9.17) is 5.11 Å². The van der Waals surface area contributed by atoms with Gasteiger partial charge in [-0.25, -0.2) is 0 Å². The van der Waals surface area contributed by atoms with E-state index in [1.165, 1.54) is 10.9 Å². The number of fused-ring (bicyclic) bond motifs is 1. The van der Waals surface area contributed by atoms with Crippen molar-refractivity contribution < 1.29 is 9.90 Å². The lowest BCUT2D eigenvalue weighted by atomic mass is 9.85. The molecule has 0 amide bonds. The molecule has 1 aliphatic rings. The SMILES string of the molecule is CCN(CC(=O)O)C1CC(NCc2ccc3nc(C)ccc3c2)C1. The third-order valence-electron chi connectivity index (χ3n) is 4.86. The monoisotopic (exact) mass is 327 g/mol. The summed E-state index contributed by atoms with van der Waals surface area (Å²) in [4.78, 5) is 17.4. The molecule has 0 bridgehead atoms. The largest absolute Gasteiger partial charge is 0.480 e. The van der Waals surface area contributed by atoms with Crippen molar-refractivity contribution >= 4 is 16.9 Å². The minimum absolute atomic E-state index is 0.144. The highest BCUT2D eigenvalue weighted by Crippen LogP contribution is 2.26. The van der Waals surface area contributed by atoms with Crippen molar-refractivity contribution in [3.05, 3.63) is 41.6 Å². The number of hydrogen-bond acceptors (Lipinski definition) is 4. The molecule has 0 unspecified atom stereocenters. The average molecular weight is 327 g/mol. The van der Waals surface area contributed by atoms with Crippen molar-refractivity contribution in [1.29, 1.82) is 0 Å². The van der Waals surface area contributed by atoms with E-state index < -0.39 is 5.97 Å². The van der Waals surface area contributed by atoms with Crippen LogP contribution in [-0.4, -0.2) is 46.1 Å². The topological polar surface area (TPSA) is 65.5 Å². The van der Waals surface area contributed by atoms with Crippen molar-refractivity contribution in [2.24, 2.45) is 0 Å². The lowest BCUT2D eigenvalue weighted by Crippen LogP contribution is -2.53. The van der Waals surface area contributed by atoms with E-state index in [0.29, 0.717) is 12.1 Å². The number of carbonyl (C=O) groups is 1. The first-order chi connectivity index (χ1) is 11.5. The molecule has 24 heavy (non-hydrogen) atoms. The Balaban J connectivity index is 1.51. The van der Waals surface area contributed by atoms with Gasteiger partial charge in [0.05, 0.1) is 12.1 Å². The van der Waals surface area contributed by atoms with Gasteiger partial charge in [0.2, 0.25) is 0 Å². The zero-order valence-electron chi connectivity index (χ0n) is 14.3. The molecule has 1 aliphatic carbocycles. The molecule has 1 aromatic heterocycles. The van der Waals surface area contributed by atoms with Crippen LogP contribution in [0.15, 0.2) is 30.3 Å². The van der Waals surface area contributed by atoms with Gasteiger partial charge in [-0.15, -0.1) is 0 Å². The maximum absolute atomic E-state index is 10.9. The first-order valence-electron chi connectivity index (χ1n) is 8.60. The molecule has 3 rings (SSSR count). The number of hydrogen-bond donors (Lipinski definition) is 2. The minimum Gasteiger partial charge on any atom is -0.480 e. The van der Waals surface area contributed by atoms with Gasteiger partial charge in [0.15, 0.2) is 0 Å². The summed E-state index contributed by atoms with van der Waals surface area (Å²) in [5.41, 5.74) is 3.33. The predicted molar refractivity (Wildman–Crippen MR) is 95.0 cm³/mol. The second-order valence-electron chi connectivity index (χ2n) is 6.64. The third-order valence-corrected chi connectivity index (χ3v) is 4.86.